The summed E-state index contributed by atoms with van der Waals surface area (Å²) in [6, 6.07) is 5.71. The van der Waals surface area contributed by atoms with E-state index in [1.54, 1.807) is 12.1 Å². The van der Waals surface area contributed by atoms with Gasteiger partial charge in [-0.1, -0.05) is 0 Å². The maximum absolute atomic E-state index is 15.5. The topological polar surface area (TPSA) is 122 Å². The Hall–Kier alpha value is -4.79. The van der Waals surface area contributed by atoms with Gasteiger partial charge in [-0.15, -0.1) is 0 Å². The summed E-state index contributed by atoms with van der Waals surface area (Å²) in [6.45, 7) is -1.61. The fourth-order valence-corrected chi connectivity index (χ4v) is 5.60. The molecule has 1 amide bonds. The number of aliphatic hydroxyl groups excluding tert-OH is 1. The molecule has 0 spiro atoms. The number of benzene rings is 1. The first-order valence-electron chi connectivity index (χ1n) is 14.4. The number of carbonyl (C=O) groups is 1. The second-order valence-electron chi connectivity index (χ2n) is 10.9. The molecule has 15 heteroatoms. The number of anilines is 3. The van der Waals surface area contributed by atoms with E-state index in [9.17, 15) is 23.1 Å². The van der Waals surface area contributed by atoms with E-state index in [4.69, 9.17) is 4.74 Å². The van der Waals surface area contributed by atoms with Gasteiger partial charge in [-0.2, -0.15) is 13.9 Å². The number of likely N-dealkylation sites (tertiary alicyclic amines) is 1. The Morgan fingerprint density at radius 1 is 1.11 bits per heavy atom. The van der Waals surface area contributed by atoms with Crippen LogP contribution in [0.5, 0.6) is 5.75 Å². The van der Waals surface area contributed by atoms with Gasteiger partial charge in [-0.3, -0.25) is 4.79 Å². The molecule has 2 aliphatic heterocycles. The Kier molecular flexibility index (Phi) is 8.52. The van der Waals surface area contributed by atoms with Crippen LogP contribution >= 0.6 is 0 Å². The number of β-amino-alcohol motifs (C(OH)–C–C–N with tert-alkyl or cyclic N) is 1. The van der Waals surface area contributed by atoms with Crippen LogP contribution in [0.4, 0.5) is 34.9 Å². The molecule has 6 rings (SSSR count). The second-order valence-corrected chi connectivity index (χ2v) is 10.9. The number of carbonyl (C=O) groups excluding carboxylic acids is 1. The molecule has 2 aliphatic rings. The molecular formula is C30H30F4N8O3. The molecule has 0 bridgehead atoms. The summed E-state index contributed by atoms with van der Waals surface area (Å²) in [5.74, 6) is -0.655. The van der Waals surface area contributed by atoms with E-state index in [-0.39, 0.29) is 48.0 Å². The van der Waals surface area contributed by atoms with Gasteiger partial charge in [0.15, 0.2) is 5.82 Å². The zero-order chi connectivity index (χ0) is 31.7. The van der Waals surface area contributed by atoms with Crippen LogP contribution in [-0.2, 0) is 0 Å². The smallest absolute Gasteiger partial charge is 0.333 e. The number of rotatable bonds is 8. The number of piperidine rings is 1. The van der Waals surface area contributed by atoms with Crippen molar-refractivity contribution in [2.45, 2.75) is 38.1 Å². The second kappa shape index (κ2) is 12.7. The van der Waals surface area contributed by atoms with Gasteiger partial charge in [0, 0.05) is 61.0 Å². The maximum atomic E-state index is 15.5. The molecule has 0 aliphatic carbocycles. The van der Waals surface area contributed by atoms with Crippen molar-refractivity contribution in [1.82, 2.24) is 29.6 Å². The number of alkyl halides is 3. The third kappa shape index (κ3) is 6.38. The number of hydrogen-bond acceptors (Lipinski definition) is 9. The Bertz CT molecular complexity index is 1700. The Morgan fingerprint density at radius 2 is 1.96 bits per heavy atom. The molecule has 5 heterocycles. The van der Waals surface area contributed by atoms with Gasteiger partial charge in [0.1, 0.15) is 29.4 Å². The fraction of sp³-hybridized carbons (Fsp3) is 0.367. The summed E-state index contributed by atoms with van der Waals surface area (Å²) >= 11 is 0. The zero-order valence-electron chi connectivity index (χ0n) is 24.2. The maximum Gasteiger partial charge on any atom is 0.333 e. The first-order valence-corrected chi connectivity index (χ1v) is 14.4. The van der Waals surface area contributed by atoms with Crippen molar-refractivity contribution in [3.8, 4) is 28.3 Å². The molecule has 2 N–H and O–H groups in total. The molecule has 11 nitrogen and oxygen atoms in total. The summed E-state index contributed by atoms with van der Waals surface area (Å²) in [7, 11) is 1.33. The van der Waals surface area contributed by atoms with E-state index in [1.165, 1.54) is 42.9 Å². The van der Waals surface area contributed by atoms with E-state index in [1.807, 2.05) is 4.90 Å². The van der Waals surface area contributed by atoms with Gasteiger partial charge in [-0.25, -0.2) is 28.4 Å². The normalized spacial score (nSPS) is 18.5. The molecule has 2 atom stereocenters. The zero-order valence-corrected chi connectivity index (χ0v) is 24.2. The first kappa shape index (κ1) is 30.2. The Labute approximate surface area is 255 Å². The number of aliphatic hydroxyl groups is 1. The summed E-state index contributed by atoms with van der Waals surface area (Å²) in [5.41, 5.74) is 1.61. The van der Waals surface area contributed by atoms with Crippen LogP contribution in [0.25, 0.3) is 22.5 Å². The summed E-state index contributed by atoms with van der Waals surface area (Å²) in [4.78, 5) is 29.3. The lowest BCUT2D eigenvalue weighted by atomic mass is 10.0. The summed E-state index contributed by atoms with van der Waals surface area (Å²) in [5, 5.41) is 17.1. The van der Waals surface area contributed by atoms with Crippen molar-refractivity contribution < 1.29 is 32.2 Å². The van der Waals surface area contributed by atoms with E-state index >= 15 is 4.39 Å². The minimum absolute atomic E-state index is 0.0197. The molecule has 0 saturated carbocycles. The number of nitrogens with one attached hydrogen (secondary N) is 1. The predicted octanol–water partition coefficient (Wildman–Crippen LogP) is 4.83. The van der Waals surface area contributed by atoms with Crippen molar-refractivity contribution in [3.05, 3.63) is 60.4 Å². The quantitative estimate of drug-likeness (QED) is 0.265. The van der Waals surface area contributed by atoms with Crippen LogP contribution in [0.15, 0.2) is 49.1 Å². The molecule has 3 aromatic heterocycles. The van der Waals surface area contributed by atoms with Crippen LogP contribution in [0.2, 0.25) is 0 Å². The number of methoxy groups -OCH3 is 1. The van der Waals surface area contributed by atoms with E-state index < -0.39 is 30.5 Å². The molecule has 4 aromatic rings. The summed E-state index contributed by atoms with van der Waals surface area (Å²) < 4.78 is 61.6. The van der Waals surface area contributed by atoms with Crippen LogP contribution in [0.1, 0.15) is 36.2 Å². The average molecular weight is 627 g/mol. The van der Waals surface area contributed by atoms with Gasteiger partial charge in [0.05, 0.1) is 37.2 Å². The van der Waals surface area contributed by atoms with Gasteiger partial charge in [0.2, 0.25) is 0 Å². The predicted molar refractivity (Wildman–Crippen MR) is 157 cm³/mol. The fourth-order valence-electron chi connectivity index (χ4n) is 5.60. The molecule has 2 saturated heterocycles. The van der Waals surface area contributed by atoms with Crippen molar-refractivity contribution in [3.63, 3.8) is 0 Å². The van der Waals surface area contributed by atoms with E-state index in [0.29, 0.717) is 46.8 Å². The molecule has 1 aromatic carbocycles. The average Bonchev–Trinajstić information content (AvgIpc) is 3.70. The third-order valence-electron chi connectivity index (χ3n) is 7.81. The standard InChI is InChI=1S/C30H30F4N8O3/c1-45-24-10-17(29(44)41-8-5-19(31)15-41)9-22(32)27(24)28-35-6-4-25(39-28)38-26-11-23(40-7-2-3-20(43)16-40)21(13-36-26)18-12-37-42(14-18)30(33)34/h4,6,9-14,19-20,30,43H,2-3,5,7-8,15-16H2,1H3,(H,35,36,38,39)/t19-,20+/m1/s1. The Balaban J connectivity index is 1.30. The number of ether oxygens (including phenoxy) is 1. The van der Waals surface area contributed by atoms with E-state index in [2.05, 4.69) is 25.4 Å². The number of amides is 1. The van der Waals surface area contributed by atoms with Gasteiger partial charge < -0.3 is 25.0 Å². The number of pyridine rings is 1. The molecule has 0 radical (unpaired) electrons. The molecule has 0 unspecified atom stereocenters. The third-order valence-corrected chi connectivity index (χ3v) is 7.81. The monoisotopic (exact) mass is 626 g/mol. The largest absolute Gasteiger partial charge is 0.496 e. The number of nitrogens with zero attached hydrogens (tertiary/aromatic N) is 7. The SMILES string of the molecule is COc1cc(C(=O)N2CC[C@@H](F)C2)cc(F)c1-c1nccc(Nc2cc(N3CCC[C@H](O)C3)c(-c3cnn(C(F)F)c3)cn2)n1. The minimum atomic E-state index is -2.80. The highest BCUT2D eigenvalue weighted by Gasteiger charge is 2.29. The van der Waals surface area contributed by atoms with Crippen LogP contribution in [-0.4, -0.2) is 86.2 Å². The summed E-state index contributed by atoms with van der Waals surface area (Å²) in [6.07, 6.45) is 5.48. The lowest BCUT2D eigenvalue weighted by Gasteiger charge is -2.33. The number of halogens is 4. The highest BCUT2D eigenvalue weighted by molar-refractivity contribution is 5.96. The van der Waals surface area contributed by atoms with Gasteiger partial charge in [-0.05, 0) is 37.5 Å². The number of aromatic nitrogens is 5. The Morgan fingerprint density at radius 3 is 2.67 bits per heavy atom. The van der Waals surface area contributed by atoms with Crippen LogP contribution in [0.3, 0.4) is 0 Å². The van der Waals surface area contributed by atoms with Crippen molar-refractivity contribution in [2.24, 2.45) is 0 Å². The molecule has 45 heavy (non-hydrogen) atoms. The van der Waals surface area contributed by atoms with Crippen LogP contribution < -0.4 is 15.0 Å². The molecule has 236 valence electrons. The van der Waals surface area contributed by atoms with E-state index in [0.717, 1.165) is 12.5 Å². The number of hydrogen-bond donors (Lipinski definition) is 2. The lowest BCUT2D eigenvalue weighted by Crippen LogP contribution is -2.38. The minimum Gasteiger partial charge on any atom is -0.496 e. The first-order chi connectivity index (χ1) is 21.7. The van der Waals surface area contributed by atoms with Gasteiger partial charge >= 0.3 is 6.55 Å². The highest BCUT2D eigenvalue weighted by Crippen LogP contribution is 2.36. The van der Waals surface area contributed by atoms with Crippen molar-refractivity contribution in [1.29, 1.82) is 0 Å². The van der Waals surface area contributed by atoms with Crippen LogP contribution in [0, 0.1) is 5.82 Å². The molecular weight excluding hydrogens is 596 g/mol. The highest BCUT2D eigenvalue weighted by atomic mass is 19.3. The van der Waals surface area contributed by atoms with Gasteiger partial charge in [0.25, 0.3) is 5.91 Å². The van der Waals surface area contributed by atoms with Crippen molar-refractivity contribution >= 4 is 23.2 Å². The van der Waals surface area contributed by atoms with Crippen molar-refractivity contribution in [2.75, 3.05) is 43.5 Å². The lowest BCUT2D eigenvalue weighted by molar-refractivity contribution is 0.0566. The molecule has 2 fully saturated rings.